The van der Waals surface area contributed by atoms with Gasteiger partial charge in [0.15, 0.2) is 18.1 Å². The van der Waals surface area contributed by atoms with E-state index in [9.17, 15) is 18.8 Å². The zero-order chi connectivity index (χ0) is 25.9. The maximum absolute atomic E-state index is 13.0. The molecule has 0 bridgehead atoms. The van der Waals surface area contributed by atoms with Crippen LogP contribution in [0.5, 0.6) is 11.5 Å². The number of halogens is 2. The summed E-state index contributed by atoms with van der Waals surface area (Å²) in [6, 6.07) is 12.0. The number of carbonyl (C=O) groups is 3. The van der Waals surface area contributed by atoms with E-state index in [2.05, 4.69) is 21.2 Å². The van der Waals surface area contributed by atoms with Crippen LogP contribution in [-0.2, 0) is 20.9 Å². The fourth-order valence-corrected chi connectivity index (χ4v) is 3.59. The van der Waals surface area contributed by atoms with Crippen molar-refractivity contribution in [3.8, 4) is 11.5 Å². The molecule has 36 heavy (non-hydrogen) atoms. The fourth-order valence-electron chi connectivity index (χ4n) is 2.81. The second-order valence-corrected chi connectivity index (χ2v) is 8.23. The van der Waals surface area contributed by atoms with E-state index >= 15 is 0 Å². The molecule has 0 spiro atoms. The van der Waals surface area contributed by atoms with Gasteiger partial charge in [-0.2, -0.15) is 5.10 Å². The summed E-state index contributed by atoms with van der Waals surface area (Å²) in [5.41, 5.74) is 3.15. The highest BCUT2D eigenvalue weighted by Crippen LogP contribution is 2.34. The third-order valence-electron chi connectivity index (χ3n) is 4.40. The highest BCUT2D eigenvalue weighted by atomic mass is 127. The quantitative estimate of drug-likeness (QED) is 0.140. The van der Waals surface area contributed by atoms with Gasteiger partial charge >= 0.3 is 11.8 Å². The molecule has 0 fully saturated rings. The molecule has 0 aliphatic carbocycles. The van der Waals surface area contributed by atoms with E-state index in [0.29, 0.717) is 38.7 Å². The van der Waals surface area contributed by atoms with Crippen molar-refractivity contribution in [3.63, 3.8) is 0 Å². The third-order valence-corrected chi connectivity index (χ3v) is 5.20. The van der Waals surface area contributed by atoms with Crippen LogP contribution in [0.2, 0.25) is 0 Å². The van der Waals surface area contributed by atoms with Crippen molar-refractivity contribution >= 4 is 52.2 Å². The first-order chi connectivity index (χ1) is 17.4. The first kappa shape index (κ1) is 26.7. The van der Waals surface area contributed by atoms with Crippen molar-refractivity contribution in [1.82, 2.24) is 10.7 Å². The molecule has 0 saturated heterocycles. The number of anilines is 1. The molecule has 3 aromatic rings. The Morgan fingerprint density at radius 3 is 2.58 bits per heavy atom. The van der Waals surface area contributed by atoms with Crippen LogP contribution in [0.25, 0.3) is 0 Å². The third kappa shape index (κ3) is 8.08. The van der Waals surface area contributed by atoms with Gasteiger partial charge in [-0.3, -0.25) is 14.4 Å². The lowest BCUT2D eigenvalue weighted by atomic mass is 10.2. The number of nitrogens with one attached hydrogen (secondary N) is 3. The van der Waals surface area contributed by atoms with E-state index in [4.69, 9.17) is 13.9 Å². The molecular weight excluding hydrogens is 586 g/mol. The van der Waals surface area contributed by atoms with Crippen molar-refractivity contribution in [3.05, 3.63) is 75.5 Å². The van der Waals surface area contributed by atoms with Crippen LogP contribution in [-0.4, -0.2) is 37.1 Å². The zero-order valence-electron chi connectivity index (χ0n) is 19.0. The Hall–Kier alpha value is -3.94. The highest BCUT2D eigenvalue weighted by Gasteiger charge is 2.15. The average molecular weight is 608 g/mol. The summed E-state index contributed by atoms with van der Waals surface area (Å²) >= 11 is 2.02. The van der Waals surface area contributed by atoms with Gasteiger partial charge in [0, 0.05) is 5.69 Å². The molecule has 0 atom stereocenters. The molecule has 3 rings (SSSR count). The number of carbonyl (C=O) groups excluding carboxylic acids is 3. The van der Waals surface area contributed by atoms with Gasteiger partial charge in [-0.1, -0.05) is 0 Å². The van der Waals surface area contributed by atoms with Crippen LogP contribution in [0.15, 0.2) is 64.3 Å². The summed E-state index contributed by atoms with van der Waals surface area (Å²) in [4.78, 5) is 36.0. The molecule has 3 N–H and O–H groups in total. The van der Waals surface area contributed by atoms with E-state index in [0.717, 1.165) is 0 Å². The molecule has 188 valence electrons. The summed E-state index contributed by atoms with van der Waals surface area (Å²) in [5, 5.41) is 8.83. The summed E-state index contributed by atoms with van der Waals surface area (Å²) in [6.45, 7) is 1.90. The summed E-state index contributed by atoms with van der Waals surface area (Å²) in [5.74, 6) is -1.42. The summed E-state index contributed by atoms with van der Waals surface area (Å²) in [6.07, 6.45) is 2.80. The second-order valence-electron chi connectivity index (χ2n) is 7.07. The van der Waals surface area contributed by atoms with Crippen molar-refractivity contribution in [1.29, 1.82) is 0 Å². The Bertz CT molecular complexity index is 1230. The van der Waals surface area contributed by atoms with Crippen LogP contribution in [0.1, 0.15) is 18.2 Å². The number of rotatable bonds is 10. The van der Waals surface area contributed by atoms with Gasteiger partial charge in [0.1, 0.15) is 11.6 Å². The van der Waals surface area contributed by atoms with Crippen molar-refractivity contribution in [2.24, 2.45) is 5.10 Å². The van der Waals surface area contributed by atoms with Crippen LogP contribution < -0.4 is 25.5 Å². The highest BCUT2D eigenvalue weighted by molar-refractivity contribution is 14.1. The number of hydrogen-bond donors (Lipinski definition) is 3. The summed E-state index contributed by atoms with van der Waals surface area (Å²) < 4.78 is 30.0. The molecule has 0 unspecified atom stereocenters. The van der Waals surface area contributed by atoms with Gasteiger partial charge in [0.2, 0.25) is 0 Å². The fraction of sp³-hybridized carbons (Fsp3) is 0.167. The van der Waals surface area contributed by atoms with E-state index in [-0.39, 0.29) is 13.2 Å². The predicted molar refractivity (Wildman–Crippen MR) is 137 cm³/mol. The molecular formula is C24H22FIN4O6. The van der Waals surface area contributed by atoms with Crippen LogP contribution in [0.3, 0.4) is 0 Å². The number of hydrazone groups is 1. The van der Waals surface area contributed by atoms with Crippen LogP contribution in [0, 0.1) is 9.39 Å². The van der Waals surface area contributed by atoms with Gasteiger partial charge in [0.05, 0.1) is 29.2 Å². The molecule has 10 nitrogen and oxygen atoms in total. The van der Waals surface area contributed by atoms with Gasteiger partial charge < -0.3 is 24.5 Å². The Morgan fingerprint density at radius 2 is 1.89 bits per heavy atom. The number of hydrogen-bond acceptors (Lipinski definition) is 7. The second kappa shape index (κ2) is 13.2. The number of furan rings is 1. The lowest BCUT2D eigenvalue weighted by Gasteiger charge is -2.14. The number of amides is 3. The largest absolute Gasteiger partial charge is 0.490 e. The zero-order valence-corrected chi connectivity index (χ0v) is 21.2. The first-order valence-electron chi connectivity index (χ1n) is 10.6. The van der Waals surface area contributed by atoms with Crippen LogP contribution >= 0.6 is 22.6 Å². The maximum atomic E-state index is 13.0. The molecule has 1 heterocycles. The molecule has 3 amide bonds. The van der Waals surface area contributed by atoms with E-state index in [1.54, 1.807) is 31.2 Å². The molecule has 12 heteroatoms. The smallest absolute Gasteiger partial charge is 0.329 e. The monoisotopic (exact) mass is 608 g/mol. The standard InChI is InChI=1S/C24H22FIN4O6/c1-2-34-20-11-15(12-28-30-24(33)23(32)27-13-18-4-3-9-35-18)10-19(26)22(20)36-14-21(31)29-17-7-5-16(25)6-8-17/h3-12H,2,13-14H2,1H3,(H,27,32)(H,29,31)(H,30,33)/b28-12-. The van der Waals surface area contributed by atoms with E-state index in [1.807, 2.05) is 22.6 Å². The lowest BCUT2D eigenvalue weighted by Crippen LogP contribution is -2.37. The number of ether oxygens (including phenoxy) is 2. The SMILES string of the molecule is CCOc1cc(/C=N\NC(=O)C(=O)NCc2ccco2)cc(I)c1OCC(=O)Nc1ccc(F)cc1. The minimum Gasteiger partial charge on any atom is -0.490 e. The van der Waals surface area contributed by atoms with E-state index in [1.165, 1.54) is 36.7 Å². The maximum Gasteiger partial charge on any atom is 0.329 e. The molecule has 0 aliphatic rings. The Labute approximate surface area is 219 Å². The van der Waals surface area contributed by atoms with Gasteiger partial charge in [-0.15, -0.1) is 0 Å². The van der Waals surface area contributed by atoms with Crippen molar-refractivity contribution in [2.45, 2.75) is 13.5 Å². The molecule has 0 radical (unpaired) electrons. The number of benzene rings is 2. The topological polar surface area (TPSA) is 131 Å². The average Bonchev–Trinajstić information content (AvgIpc) is 3.37. The number of nitrogens with zero attached hydrogens (tertiary/aromatic N) is 1. The molecule has 0 aliphatic heterocycles. The van der Waals surface area contributed by atoms with Gasteiger partial charge in [-0.25, -0.2) is 9.82 Å². The van der Waals surface area contributed by atoms with Crippen LogP contribution in [0.4, 0.5) is 10.1 Å². The first-order valence-corrected chi connectivity index (χ1v) is 11.7. The minimum atomic E-state index is -0.940. The minimum absolute atomic E-state index is 0.0717. The molecule has 1 aromatic heterocycles. The van der Waals surface area contributed by atoms with Crippen molar-refractivity contribution in [2.75, 3.05) is 18.5 Å². The molecule has 2 aromatic carbocycles. The molecule has 0 saturated carbocycles. The Balaban J connectivity index is 1.57. The normalized spacial score (nSPS) is 10.6. The lowest BCUT2D eigenvalue weighted by molar-refractivity contribution is -0.139. The predicted octanol–water partition coefficient (Wildman–Crippen LogP) is 3.21. The van der Waals surface area contributed by atoms with Crippen molar-refractivity contribution < 1.29 is 32.7 Å². The van der Waals surface area contributed by atoms with Gasteiger partial charge in [-0.05, 0) is 83.6 Å². The van der Waals surface area contributed by atoms with E-state index < -0.39 is 23.5 Å². The Morgan fingerprint density at radius 1 is 1.11 bits per heavy atom. The summed E-state index contributed by atoms with van der Waals surface area (Å²) in [7, 11) is 0. The van der Waals surface area contributed by atoms with Gasteiger partial charge in [0.25, 0.3) is 5.91 Å². The Kier molecular flexibility index (Phi) is 9.80.